The second-order valence-corrected chi connectivity index (χ2v) is 6.21. The van der Waals surface area contributed by atoms with Crippen LogP contribution in [0.3, 0.4) is 0 Å². The number of pyridine rings is 1. The number of hydrogen-bond acceptors (Lipinski definition) is 3. The fraction of sp³-hybridized carbons (Fsp3) is 0.250. The first-order valence-electron chi connectivity index (χ1n) is 8.62. The Morgan fingerprint density at radius 1 is 1.16 bits per heavy atom. The Bertz CT molecular complexity index is 901. The molecule has 5 nitrogen and oxygen atoms in total. The summed E-state index contributed by atoms with van der Waals surface area (Å²) in [6.45, 7) is 3.32. The number of hydrogen-bond donors (Lipinski definition) is 0. The fourth-order valence-electron chi connectivity index (χ4n) is 3.36. The molecule has 0 aliphatic carbocycles. The molecule has 1 aromatic carbocycles. The Labute approximate surface area is 146 Å². The van der Waals surface area contributed by atoms with Gasteiger partial charge in [0.15, 0.2) is 0 Å². The molecular weight excluding hydrogens is 312 g/mol. The molecule has 1 aliphatic rings. The van der Waals surface area contributed by atoms with E-state index in [9.17, 15) is 4.79 Å². The monoisotopic (exact) mass is 332 g/mol. The quantitative estimate of drug-likeness (QED) is 0.741. The summed E-state index contributed by atoms with van der Waals surface area (Å²) in [7, 11) is 0. The topological polar surface area (TPSA) is 51.0 Å². The molecule has 0 unspecified atom stereocenters. The summed E-state index contributed by atoms with van der Waals surface area (Å²) in [5.41, 5.74) is 4.92. The van der Waals surface area contributed by atoms with Gasteiger partial charge >= 0.3 is 0 Å². The zero-order valence-corrected chi connectivity index (χ0v) is 14.2. The molecule has 0 bridgehead atoms. The highest BCUT2D eigenvalue weighted by molar-refractivity contribution is 5.93. The van der Waals surface area contributed by atoms with Crippen molar-refractivity contribution in [3.8, 4) is 5.69 Å². The molecule has 2 aromatic heterocycles. The lowest BCUT2D eigenvalue weighted by Gasteiger charge is -2.27. The first-order chi connectivity index (χ1) is 12.3. The van der Waals surface area contributed by atoms with Gasteiger partial charge in [-0.1, -0.05) is 31.2 Å². The molecule has 0 saturated heterocycles. The summed E-state index contributed by atoms with van der Waals surface area (Å²) in [4.78, 5) is 19.1. The second kappa shape index (κ2) is 6.51. The zero-order valence-electron chi connectivity index (χ0n) is 14.2. The lowest BCUT2D eigenvalue weighted by Crippen LogP contribution is -2.37. The van der Waals surface area contributed by atoms with E-state index in [1.54, 1.807) is 6.20 Å². The average molecular weight is 332 g/mol. The Morgan fingerprint density at radius 3 is 2.80 bits per heavy atom. The van der Waals surface area contributed by atoms with Crippen LogP contribution >= 0.6 is 0 Å². The van der Waals surface area contributed by atoms with Gasteiger partial charge < -0.3 is 4.90 Å². The minimum atomic E-state index is 0.00978. The molecule has 0 N–H and O–H groups in total. The third-order valence-corrected chi connectivity index (χ3v) is 4.70. The number of aromatic nitrogens is 3. The van der Waals surface area contributed by atoms with Crippen LogP contribution in [0.4, 0.5) is 0 Å². The van der Waals surface area contributed by atoms with E-state index in [4.69, 9.17) is 0 Å². The zero-order chi connectivity index (χ0) is 17.2. The van der Waals surface area contributed by atoms with E-state index < -0.39 is 0 Å². The molecule has 3 aromatic rings. The van der Waals surface area contributed by atoms with Crippen LogP contribution in [-0.2, 0) is 19.4 Å². The van der Waals surface area contributed by atoms with Crippen molar-refractivity contribution < 1.29 is 4.79 Å². The molecular formula is C20H20N4O. The van der Waals surface area contributed by atoms with Crippen molar-refractivity contribution in [2.75, 3.05) is 6.54 Å². The number of aryl methyl sites for hydroxylation is 1. The van der Waals surface area contributed by atoms with E-state index in [1.165, 1.54) is 5.69 Å². The highest BCUT2D eigenvalue weighted by Crippen LogP contribution is 2.23. The van der Waals surface area contributed by atoms with E-state index in [0.717, 1.165) is 29.7 Å². The van der Waals surface area contributed by atoms with Crippen molar-refractivity contribution >= 4 is 5.91 Å². The molecule has 5 heteroatoms. The van der Waals surface area contributed by atoms with Crippen LogP contribution in [-0.4, -0.2) is 32.1 Å². The van der Waals surface area contributed by atoms with Crippen LogP contribution in [0.25, 0.3) is 5.69 Å². The Balaban J connectivity index is 1.60. The summed E-state index contributed by atoms with van der Waals surface area (Å²) >= 11 is 0. The molecule has 1 aliphatic heterocycles. The lowest BCUT2D eigenvalue weighted by molar-refractivity contribution is 0.0726. The van der Waals surface area contributed by atoms with E-state index in [1.807, 2.05) is 65.2 Å². The van der Waals surface area contributed by atoms with Gasteiger partial charge in [-0.3, -0.25) is 9.78 Å². The van der Waals surface area contributed by atoms with Gasteiger partial charge in [0, 0.05) is 31.3 Å². The molecule has 1 amide bonds. The van der Waals surface area contributed by atoms with Crippen LogP contribution in [0.1, 0.15) is 34.2 Å². The first-order valence-corrected chi connectivity index (χ1v) is 8.62. The standard InChI is InChI=1S/C20H20N4O/c1-2-15-7-6-11-21-19(15)20(25)23-12-10-18-16(14-23)13-22-24(18)17-8-4-3-5-9-17/h3-9,11,13H,2,10,12,14H2,1H3. The van der Waals surface area contributed by atoms with E-state index in [2.05, 4.69) is 10.1 Å². The van der Waals surface area contributed by atoms with Crippen LogP contribution in [0, 0.1) is 0 Å². The third kappa shape index (κ3) is 2.82. The summed E-state index contributed by atoms with van der Waals surface area (Å²) in [6.07, 6.45) is 5.17. The predicted molar refractivity (Wildman–Crippen MR) is 95.6 cm³/mol. The van der Waals surface area contributed by atoms with Gasteiger partial charge in [0.05, 0.1) is 17.6 Å². The van der Waals surface area contributed by atoms with E-state index >= 15 is 0 Å². The van der Waals surface area contributed by atoms with Crippen LogP contribution in [0.2, 0.25) is 0 Å². The van der Waals surface area contributed by atoms with Crippen molar-refractivity contribution in [1.82, 2.24) is 19.7 Å². The second-order valence-electron chi connectivity index (χ2n) is 6.21. The number of carbonyl (C=O) groups is 1. The van der Waals surface area contributed by atoms with Gasteiger partial charge in [0.2, 0.25) is 0 Å². The lowest BCUT2D eigenvalue weighted by atomic mass is 10.1. The molecule has 126 valence electrons. The van der Waals surface area contributed by atoms with Crippen LogP contribution in [0.15, 0.2) is 54.9 Å². The highest BCUT2D eigenvalue weighted by atomic mass is 16.2. The molecule has 0 fully saturated rings. The number of para-hydroxylation sites is 1. The SMILES string of the molecule is CCc1cccnc1C(=O)N1CCc2c(cnn2-c2ccccc2)C1. The van der Waals surface area contributed by atoms with Crippen molar-refractivity contribution in [2.24, 2.45) is 0 Å². The number of benzene rings is 1. The van der Waals surface area contributed by atoms with Gasteiger partial charge in [0.1, 0.15) is 5.69 Å². The molecule has 0 atom stereocenters. The smallest absolute Gasteiger partial charge is 0.273 e. The van der Waals surface area contributed by atoms with Crippen LogP contribution in [0.5, 0.6) is 0 Å². The van der Waals surface area contributed by atoms with Gasteiger partial charge in [-0.2, -0.15) is 5.10 Å². The Hall–Kier alpha value is -2.95. The van der Waals surface area contributed by atoms with E-state index in [-0.39, 0.29) is 5.91 Å². The number of rotatable bonds is 3. The van der Waals surface area contributed by atoms with Gasteiger partial charge in [-0.15, -0.1) is 0 Å². The minimum absolute atomic E-state index is 0.00978. The maximum atomic E-state index is 12.9. The number of amides is 1. The van der Waals surface area contributed by atoms with Crippen molar-refractivity contribution in [2.45, 2.75) is 26.3 Å². The molecule has 0 spiro atoms. The summed E-state index contributed by atoms with van der Waals surface area (Å²) in [5.74, 6) is 0.00978. The van der Waals surface area contributed by atoms with Crippen molar-refractivity contribution in [3.63, 3.8) is 0 Å². The predicted octanol–water partition coefficient (Wildman–Crippen LogP) is 3.03. The summed E-state index contributed by atoms with van der Waals surface area (Å²) in [6, 6.07) is 14.0. The molecule has 0 radical (unpaired) electrons. The molecule has 0 saturated carbocycles. The average Bonchev–Trinajstić information content (AvgIpc) is 3.11. The summed E-state index contributed by atoms with van der Waals surface area (Å²) in [5, 5.41) is 4.53. The van der Waals surface area contributed by atoms with Crippen molar-refractivity contribution in [1.29, 1.82) is 0 Å². The fourth-order valence-corrected chi connectivity index (χ4v) is 3.36. The minimum Gasteiger partial charge on any atom is -0.332 e. The Morgan fingerprint density at radius 2 is 2.00 bits per heavy atom. The normalized spacial score (nSPS) is 13.6. The van der Waals surface area contributed by atoms with Gasteiger partial charge in [0.25, 0.3) is 5.91 Å². The van der Waals surface area contributed by atoms with E-state index in [0.29, 0.717) is 18.8 Å². The highest BCUT2D eigenvalue weighted by Gasteiger charge is 2.26. The summed E-state index contributed by atoms with van der Waals surface area (Å²) < 4.78 is 1.98. The Kier molecular flexibility index (Phi) is 4.06. The largest absolute Gasteiger partial charge is 0.332 e. The third-order valence-electron chi connectivity index (χ3n) is 4.70. The van der Waals surface area contributed by atoms with Gasteiger partial charge in [-0.05, 0) is 30.2 Å². The molecule has 4 rings (SSSR count). The maximum absolute atomic E-state index is 12.9. The molecule has 3 heterocycles. The van der Waals surface area contributed by atoms with Crippen molar-refractivity contribution in [3.05, 3.63) is 77.4 Å². The number of carbonyl (C=O) groups excluding carboxylic acids is 1. The molecule has 25 heavy (non-hydrogen) atoms. The number of nitrogens with zero attached hydrogens (tertiary/aromatic N) is 4. The van der Waals surface area contributed by atoms with Gasteiger partial charge in [-0.25, -0.2) is 4.68 Å². The van der Waals surface area contributed by atoms with Crippen LogP contribution < -0.4 is 0 Å². The maximum Gasteiger partial charge on any atom is 0.273 e. The number of fused-ring (bicyclic) bond motifs is 1. The first kappa shape index (κ1) is 15.6.